The SMILES string of the molecule is CC(C)(C)CC(CN)C(=O)NC1CCC(C)(C)C1. The van der Waals surface area contributed by atoms with E-state index in [4.69, 9.17) is 5.73 Å². The first-order chi connectivity index (χ1) is 8.13. The highest BCUT2D eigenvalue weighted by molar-refractivity contribution is 5.79. The fourth-order valence-corrected chi connectivity index (χ4v) is 2.90. The number of rotatable bonds is 4. The van der Waals surface area contributed by atoms with Crippen molar-refractivity contribution in [1.82, 2.24) is 5.32 Å². The molecule has 1 fully saturated rings. The van der Waals surface area contributed by atoms with Gasteiger partial charge in [0.1, 0.15) is 0 Å². The smallest absolute Gasteiger partial charge is 0.224 e. The van der Waals surface area contributed by atoms with Gasteiger partial charge in [0.05, 0.1) is 5.92 Å². The van der Waals surface area contributed by atoms with Crippen LogP contribution < -0.4 is 11.1 Å². The van der Waals surface area contributed by atoms with E-state index in [1.54, 1.807) is 0 Å². The summed E-state index contributed by atoms with van der Waals surface area (Å²) in [6, 6.07) is 0.349. The molecule has 2 unspecified atom stereocenters. The second kappa shape index (κ2) is 5.60. The van der Waals surface area contributed by atoms with Gasteiger partial charge in [-0.1, -0.05) is 34.6 Å². The summed E-state index contributed by atoms with van der Waals surface area (Å²) in [4.78, 5) is 12.2. The van der Waals surface area contributed by atoms with Crippen molar-refractivity contribution >= 4 is 5.91 Å². The maximum absolute atomic E-state index is 12.2. The van der Waals surface area contributed by atoms with Gasteiger partial charge in [-0.3, -0.25) is 4.79 Å². The molecule has 0 aromatic heterocycles. The van der Waals surface area contributed by atoms with Crippen LogP contribution in [0.4, 0.5) is 0 Å². The van der Waals surface area contributed by atoms with Crippen molar-refractivity contribution in [1.29, 1.82) is 0 Å². The topological polar surface area (TPSA) is 55.1 Å². The van der Waals surface area contributed by atoms with E-state index in [1.165, 1.54) is 6.42 Å². The molecule has 2 atom stereocenters. The molecule has 0 radical (unpaired) electrons. The van der Waals surface area contributed by atoms with Gasteiger partial charge in [0, 0.05) is 12.6 Å². The number of amides is 1. The molecule has 0 aliphatic heterocycles. The second-order valence-electron chi connectivity index (χ2n) is 7.81. The number of nitrogens with two attached hydrogens (primary N) is 1. The molecule has 3 N–H and O–H groups in total. The molecule has 3 nitrogen and oxygen atoms in total. The Kier molecular flexibility index (Phi) is 4.82. The van der Waals surface area contributed by atoms with E-state index in [0.717, 1.165) is 19.3 Å². The van der Waals surface area contributed by atoms with Gasteiger partial charge in [-0.15, -0.1) is 0 Å². The summed E-state index contributed by atoms with van der Waals surface area (Å²) in [6.07, 6.45) is 4.24. The summed E-state index contributed by atoms with van der Waals surface area (Å²) in [7, 11) is 0. The fraction of sp³-hybridized carbons (Fsp3) is 0.933. The Morgan fingerprint density at radius 2 is 2.06 bits per heavy atom. The van der Waals surface area contributed by atoms with Gasteiger partial charge in [-0.2, -0.15) is 0 Å². The Morgan fingerprint density at radius 1 is 1.44 bits per heavy atom. The lowest BCUT2D eigenvalue weighted by Gasteiger charge is -2.26. The highest BCUT2D eigenvalue weighted by Gasteiger charge is 2.33. The van der Waals surface area contributed by atoms with E-state index in [9.17, 15) is 4.79 Å². The molecule has 1 amide bonds. The monoisotopic (exact) mass is 254 g/mol. The zero-order valence-corrected chi connectivity index (χ0v) is 12.7. The van der Waals surface area contributed by atoms with Crippen LogP contribution in [0.1, 0.15) is 60.3 Å². The summed E-state index contributed by atoms with van der Waals surface area (Å²) >= 11 is 0. The van der Waals surface area contributed by atoms with E-state index < -0.39 is 0 Å². The average Bonchev–Trinajstić information content (AvgIpc) is 2.53. The Balaban J connectivity index is 2.48. The largest absolute Gasteiger partial charge is 0.353 e. The zero-order valence-electron chi connectivity index (χ0n) is 12.7. The Labute approximate surface area is 112 Å². The minimum absolute atomic E-state index is 0.0475. The zero-order chi connectivity index (χ0) is 14.0. The quantitative estimate of drug-likeness (QED) is 0.810. The van der Waals surface area contributed by atoms with E-state index >= 15 is 0 Å². The van der Waals surface area contributed by atoms with Crippen molar-refractivity contribution in [2.75, 3.05) is 6.54 Å². The average molecular weight is 254 g/mol. The van der Waals surface area contributed by atoms with E-state index in [2.05, 4.69) is 39.9 Å². The molecular weight excluding hydrogens is 224 g/mol. The number of carbonyl (C=O) groups excluding carboxylic acids is 1. The molecule has 0 heterocycles. The van der Waals surface area contributed by atoms with E-state index in [-0.39, 0.29) is 17.2 Å². The van der Waals surface area contributed by atoms with Crippen LogP contribution in [-0.4, -0.2) is 18.5 Å². The number of hydrogen-bond donors (Lipinski definition) is 2. The lowest BCUT2D eigenvalue weighted by Crippen LogP contribution is -2.41. The van der Waals surface area contributed by atoms with Crippen molar-refractivity contribution in [3.05, 3.63) is 0 Å². The lowest BCUT2D eigenvalue weighted by atomic mass is 9.84. The van der Waals surface area contributed by atoms with Crippen molar-refractivity contribution in [3.8, 4) is 0 Å². The van der Waals surface area contributed by atoms with Crippen LogP contribution in [0.5, 0.6) is 0 Å². The van der Waals surface area contributed by atoms with Gasteiger partial charge >= 0.3 is 0 Å². The van der Waals surface area contributed by atoms with Gasteiger partial charge in [-0.05, 0) is 36.5 Å². The molecule has 0 aromatic carbocycles. The number of nitrogens with one attached hydrogen (secondary N) is 1. The van der Waals surface area contributed by atoms with Crippen LogP contribution in [-0.2, 0) is 4.79 Å². The third-order valence-electron chi connectivity index (χ3n) is 3.83. The highest BCUT2D eigenvalue weighted by Crippen LogP contribution is 2.37. The minimum atomic E-state index is -0.0475. The molecular formula is C15H30N2O. The lowest BCUT2D eigenvalue weighted by molar-refractivity contribution is -0.126. The van der Waals surface area contributed by atoms with Crippen molar-refractivity contribution in [3.63, 3.8) is 0 Å². The molecule has 1 aliphatic rings. The molecule has 106 valence electrons. The molecule has 3 heteroatoms. The van der Waals surface area contributed by atoms with Crippen LogP contribution >= 0.6 is 0 Å². The molecule has 1 aliphatic carbocycles. The predicted molar refractivity (Wildman–Crippen MR) is 76.2 cm³/mol. The molecule has 18 heavy (non-hydrogen) atoms. The van der Waals surface area contributed by atoms with Crippen molar-refractivity contribution < 1.29 is 4.79 Å². The third kappa shape index (κ3) is 4.97. The van der Waals surface area contributed by atoms with Gasteiger partial charge in [0.15, 0.2) is 0 Å². The Morgan fingerprint density at radius 3 is 2.44 bits per heavy atom. The minimum Gasteiger partial charge on any atom is -0.353 e. The molecule has 0 aromatic rings. The molecule has 1 rings (SSSR count). The molecule has 1 saturated carbocycles. The van der Waals surface area contributed by atoms with Crippen LogP contribution in [0.15, 0.2) is 0 Å². The molecule has 0 bridgehead atoms. The summed E-state index contributed by atoms with van der Waals surface area (Å²) in [6.45, 7) is 11.5. The summed E-state index contributed by atoms with van der Waals surface area (Å²) in [5.74, 6) is 0.101. The van der Waals surface area contributed by atoms with Crippen molar-refractivity contribution in [2.24, 2.45) is 22.5 Å². The maximum Gasteiger partial charge on any atom is 0.224 e. The normalized spacial score (nSPS) is 24.9. The maximum atomic E-state index is 12.2. The van der Waals surface area contributed by atoms with Gasteiger partial charge in [0.25, 0.3) is 0 Å². The first kappa shape index (κ1) is 15.5. The number of hydrogen-bond acceptors (Lipinski definition) is 2. The highest BCUT2D eigenvalue weighted by atomic mass is 16.1. The fourth-order valence-electron chi connectivity index (χ4n) is 2.90. The van der Waals surface area contributed by atoms with E-state index in [1.807, 2.05) is 0 Å². The Bertz CT molecular complexity index is 291. The van der Waals surface area contributed by atoms with Gasteiger partial charge in [-0.25, -0.2) is 0 Å². The van der Waals surface area contributed by atoms with Crippen LogP contribution in [0.25, 0.3) is 0 Å². The first-order valence-corrected chi connectivity index (χ1v) is 7.13. The van der Waals surface area contributed by atoms with Crippen LogP contribution in [0, 0.1) is 16.7 Å². The second-order valence-corrected chi connectivity index (χ2v) is 7.81. The van der Waals surface area contributed by atoms with Crippen LogP contribution in [0.2, 0.25) is 0 Å². The van der Waals surface area contributed by atoms with E-state index in [0.29, 0.717) is 18.0 Å². The summed E-state index contributed by atoms with van der Waals surface area (Å²) < 4.78 is 0. The van der Waals surface area contributed by atoms with Crippen molar-refractivity contribution in [2.45, 2.75) is 66.3 Å². The Hall–Kier alpha value is -0.570. The first-order valence-electron chi connectivity index (χ1n) is 7.13. The van der Waals surface area contributed by atoms with Gasteiger partial charge < -0.3 is 11.1 Å². The predicted octanol–water partition coefficient (Wildman–Crippen LogP) is 2.69. The summed E-state index contributed by atoms with van der Waals surface area (Å²) in [5.41, 5.74) is 6.27. The standard InChI is InChI=1S/C15H30N2O/c1-14(2,3)8-11(10-16)13(18)17-12-6-7-15(4,5)9-12/h11-12H,6-10,16H2,1-5H3,(H,17,18). The molecule has 0 saturated heterocycles. The van der Waals surface area contributed by atoms with Gasteiger partial charge in [0.2, 0.25) is 5.91 Å². The van der Waals surface area contributed by atoms with Crippen LogP contribution in [0.3, 0.4) is 0 Å². The third-order valence-corrected chi connectivity index (χ3v) is 3.83. The summed E-state index contributed by atoms with van der Waals surface area (Å²) in [5, 5.41) is 3.19. The number of carbonyl (C=O) groups is 1. The molecule has 0 spiro atoms.